The number of piperidine rings is 1. The van der Waals surface area contributed by atoms with Crippen LogP contribution in [-0.4, -0.2) is 34.2 Å². The summed E-state index contributed by atoms with van der Waals surface area (Å²) in [7, 11) is 0. The molecule has 1 aliphatic rings. The summed E-state index contributed by atoms with van der Waals surface area (Å²) in [6.07, 6.45) is 1.16. The minimum Gasteiger partial charge on any atom is -0.385 e. The fraction of sp³-hybridized carbons (Fsp3) is 0.500. The predicted molar refractivity (Wildman–Crippen MR) is 84.8 cm³/mol. The van der Waals surface area contributed by atoms with E-state index >= 15 is 0 Å². The minimum atomic E-state index is -0.858. The number of aliphatic hydroxyl groups is 1. The molecular weight excluding hydrogens is 300 g/mol. The van der Waals surface area contributed by atoms with E-state index in [-0.39, 0.29) is 11.7 Å². The number of hydrogen-bond donors (Lipinski definition) is 1. The van der Waals surface area contributed by atoms with Gasteiger partial charge in [-0.15, -0.1) is 11.3 Å². The van der Waals surface area contributed by atoms with Crippen molar-refractivity contribution in [2.24, 2.45) is 5.92 Å². The maximum atomic E-state index is 12.9. The topological polar surface area (TPSA) is 66.6 Å². The zero-order valence-electron chi connectivity index (χ0n) is 12.8. The lowest BCUT2D eigenvalue weighted by molar-refractivity contribution is 0.0686. The summed E-state index contributed by atoms with van der Waals surface area (Å²) in [5.41, 5.74) is 0.946. The number of likely N-dealkylation sites (tertiary alicyclic amines) is 1. The fourth-order valence-electron chi connectivity index (χ4n) is 2.75. The second-order valence-corrected chi connectivity index (χ2v) is 6.85. The van der Waals surface area contributed by atoms with Gasteiger partial charge in [-0.05, 0) is 37.1 Å². The summed E-state index contributed by atoms with van der Waals surface area (Å²) >= 11 is 1.50. The highest BCUT2D eigenvalue weighted by Gasteiger charge is 2.31. The van der Waals surface area contributed by atoms with E-state index < -0.39 is 6.10 Å². The lowest BCUT2D eigenvalue weighted by atomic mass is 9.98. The van der Waals surface area contributed by atoms with Crippen LogP contribution in [0.5, 0.6) is 0 Å². The van der Waals surface area contributed by atoms with Gasteiger partial charge in [0.15, 0.2) is 5.76 Å². The molecule has 6 heteroatoms. The van der Waals surface area contributed by atoms with E-state index in [9.17, 15) is 9.90 Å². The standard InChI is InChI=1S/C16H20N2O3S/c1-10-5-7-18(8-6-10)16(20)13-14(12-4-3-9-22-12)17-21-15(13)11(2)19/h3-4,9-11,19H,5-8H2,1-2H3. The average Bonchev–Trinajstić information content (AvgIpc) is 3.16. The van der Waals surface area contributed by atoms with Crippen LogP contribution in [0.25, 0.3) is 10.6 Å². The maximum absolute atomic E-state index is 12.9. The molecule has 0 bridgehead atoms. The number of carbonyl (C=O) groups excluding carboxylic acids is 1. The first kappa shape index (κ1) is 15.2. The molecule has 1 aliphatic heterocycles. The third kappa shape index (κ3) is 2.80. The maximum Gasteiger partial charge on any atom is 0.259 e. The highest BCUT2D eigenvalue weighted by atomic mass is 32.1. The first-order valence-electron chi connectivity index (χ1n) is 7.58. The van der Waals surface area contributed by atoms with Gasteiger partial charge in [0.2, 0.25) is 0 Å². The molecule has 1 amide bonds. The van der Waals surface area contributed by atoms with Crippen LogP contribution in [0.4, 0.5) is 0 Å². The van der Waals surface area contributed by atoms with Crippen molar-refractivity contribution in [3.05, 3.63) is 28.8 Å². The average molecular weight is 320 g/mol. The Hall–Kier alpha value is -1.66. The molecule has 0 aliphatic carbocycles. The molecule has 1 fully saturated rings. The molecule has 0 radical (unpaired) electrons. The number of amides is 1. The molecule has 0 spiro atoms. The van der Waals surface area contributed by atoms with E-state index in [0.29, 0.717) is 17.2 Å². The molecule has 118 valence electrons. The van der Waals surface area contributed by atoms with E-state index in [1.165, 1.54) is 11.3 Å². The normalized spacial score (nSPS) is 17.7. The van der Waals surface area contributed by atoms with Crippen LogP contribution >= 0.6 is 11.3 Å². The molecule has 3 heterocycles. The first-order chi connectivity index (χ1) is 10.6. The smallest absolute Gasteiger partial charge is 0.259 e. The van der Waals surface area contributed by atoms with E-state index in [1.807, 2.05) is 22.4 Å². The Labute approximate surface area is 133 Å². The molecular formula is C16H20N2O3S. The van der Waals surface area contributed by atoms with E-state index in [0.717, 1.165) is 30.8 Å². The predicted octanol–water partition coefficient (Wildman–Crippen LogP) is 3.33. The molecule has 5 nitrogen and oxygen atoms in total. The van der Waals surface area contributed by atoms with Gasteiger partial charge in [-0.3, -0.25) is 4.79 Å². The van der Waals surface area contributed by atoms with Gasteiger partial charge >= 0.3 is 0 Å². The van der Waals surface area contributed by atoms with Crippen LogP contribution in [0.2, 0.25) is 0 Å². The number of aromatic nitrogens is 1. The van der Waals surface area contributed by atoms with E-state index in [2.05, 4.69) is 12.1 Å². The van der Waals surface area contributed by atoms with Crippen LogP contribution in [0.15, 0.2) is 22.0 Å². The Morgan fingerprint density at radius 2 is 2.23 bits per heavy atom. The first-order valence-corrected chi connectivity index (χ1v) is 8.46. The number of rotatable bonds is 3. The Morgan fingerprint density at radius 1 is 1.50 bits per heavy atom. The van der Waals surface area contributed by atoms with Crippen LogP contribution in [0.3, 0.4) is 0 Å². The minimum absolute atomic E-state index is 0.0903. The van der Waals surface area contributed by atoms with Crippen LogP contribution in [-0.2, 0) is 0 Å². The van der Waals surface area contributed by atoms with E-state index in [4.69, 9.17) is 4.52 Å². The van der Waals surface area contributed by atoms with Crippen LogP contribution in [0, 0.1) is 5.92 Å². The quantitative estimate of drug-likeness (QED) is 0.942. The van der Waals surface area contributed by atoms with Crippen molar-refractivity contribution in [2.75, 3.05) is 13.1 Å². The van der Waals surface area contributed by atoms with Gasteiger partial charge in [0.25, 0.3) is 5.91 Å². The highest BCUT2D eigenvalue weighted by Crippen LogP contribution is 2.33. The van der Waals surface area contributed by atoms with Gasteiger partial charge < -0.3 is 14.5 Å². The molecule has 2 aromatic rings. The largest absolute Gasteiger partial charge is 0.385 e. The third-order valence-corrected chi connectivity index (χ3v) is 5.01. The summed E-state index contributed by atoms with van der Waals surface area (Å²) < 4.78 is 5.27. The Bertz CT molecular complexity index is 640. The Balaban J connectivity index is 1.97. The monoisotopic (exact) mass is 320 g/mol. The number of hydrogen-bond acceptors (Lipinski definition) is 5. The number of carbonyl (C=O) groups is 1. The molecule has 22 heavy (non-hydrogen) atoms. The Kier molecular flexibility index (Phi) is 4.31. The second kappa shape index (κ2) is 6.22. The van der Waals surface area contributed by atoms with Gasteiger partial charge in [-0.1, -0.05) is 18.1 Å². The van der Waals surface area contributed by atoms with E-state index in [1.54, 1.807) is 6.92 Å². The van der Waals surface area contributed by atoms with Crippen LogP contribution in [0.1, 0.15) is 48.9 Å². The van der Waals surface area contributed by atoms with Crippen molar-refractivity contribution in [2.45, 2.75) is 32.8 Å². The molecule has 0 saturated carbocycles. The van der Waals surface area contributed by atoms with Crippen molar-refractivity contribution in [3.63, 3.8) is 0 Å². The molecule has 1 atom stereocenters. The third-order valence-electron chi connectivity index (χ3n) is 4.14. The van der Waals surface area contributed by atoms with Crippen molar-refractivity contribution < 1.29 is 14.4 Å². The lowest BCUT2D eigenvalue weighted by Gasteiger charge is -2.30. The zero-order chi connectivity index (χ0) is 15.7. The van der Waals surface area contributed by atoms with Gasteiger partial charge in [-0.25, -0.2) is 0 Å². The molecule has 3 rings (SSSR count). The van der Waals surface area contributed by atoms with Crippen molar-refractivity contribution >= 4 is 17.2 Å². The van der Waals surface area contributed by atoms with Crippen LogP contribution < -0.4 is 0 Å². The molecule has 0 aromatic carbocycles. The lowest BCUT2D eigenvalue weighted by Crippen LogP contribution is -2.38. The number of nitrogens with zero attached hydrogens (tertiary/aromatic N) is 2. The Morgan fingerprint density at radius 3 is 2.82 bits per heavy atom. The van der Waals surface area contributed by atoms with Crippen molar-refractivity contribution in [1.82, 2.24) is 10.1 Å². The summed E-state index contributed by atoms with van der Waals surface area (Å²) in [5, 5.41) is 15.9. The molecule has 2 aromatic heterocycles. The molecule has 1 saturated heterocycles. The molecule has 1 N–H and O–H groups in total. The summed E-state index contributed by atoms with van der Waals surface area (Å²) in [6, 6.07) is 3.82. The number of aliphatic hydroxyl groups excluding tert-OH is 1. The highest BCUT2D eigenvalue weighted by molar-refractivity contribution is 7.13. The fourth-order valence-corrected chi connectivity index (χ4v) is 3.46. The van der Waals surface area contributed by atoms with Gasteiger partial charge in [0.05, 0.1) is 4.88 Å². The van der Waals surface area contributed by atoms with Crippen molar-refractivity contribution in [1.29, 1.82) is 0 Å². The second-order valence-electron chi connectivity index (χ2n) is 5.90. The summed E-state index contributed by atoms with van der Waals surface area (Å²) in [5.74, 6) is 0.819. The summed E-state index contributed by atoms with van der Waals surface area (Å²) in [6.45, 7) is 5.29. The van der Waals surface area contributed by atoms with Gasteiger partial charge in [0, 0.05) is 13.1 Å². The molecule has 1 unspecified atom stereocenters. The van der Waals surface area contributed by atoms with Gasteiger partial charge in [-0.2, -0.15) is 0 Å². The SMILES string of the molecule is CC1CCN(C(=O)c2c(-c3cccs3)noc2C(C)O)CC1. The van der Waals surface area contributed by atoms with Gasteiger partial charge in [0.1, 0.15) is 17.4 Å². The summed E-state index contributed by atoms with van der Waals surface area (Å²) in [4.78, 5) is 15.7. The number of thiophene rings is 1. The zero-order valence-corrected chi connectivity index (χ0v) is 13.6. The van der Waals surface area contributed by atoms with Crippen molar-refractivity contribution in [3.8, 4) is 10.6 Å².